The molecule has 0 aliphatic carbocycles. The fourth-order valence-corrected chi connectivity index (χ4v) is 1.80. The van der Waals surface area contributed by atoms with Crippen LogP contribution in [-0.4, -0.2) is 9.97 Å². The van der Waals surface area contributed by atoms with E-state index in [1.54, 1.807) is 0 Å². The quantitative estimate of drug-likeness (QED) is 0.783. The number of aromatic nitrogens is 2. The lowest BCUT2D eigenvalue weighted by Crippen LogP contribution is -2.12. The minimum Gasteiger partial charge on any atom is -0.345 e. The van der Waals surface area contributed by atoms with E-state index in [-0.39, 0.29) is 6.04 Å². The number of unbranched alkanes of at least 4 members (excludes halogenated alkanes) is 1. The highest BCUT2D eigenvalue weighted by Crippen LogP contribution is 2.20. The van der Waals surface area contributed by atoms with Gasteiger partial charge in [0.2, 0.25) is 0 Å². The van der Waals surface area contributed by atoms with Gasteiger partial charge in [-0.1, -0.05) is 33.6 Å². The van der Waals surface area contributed by atoms with Crippen molar-refractivity contribution in [3.8, 4) is 0 Å². The van der Waals surface area contributed by atoms with Gasteiger partial charge < -0.3 is 10.7 Å². The van der Waals surface area contributed by atoms with Crippen LogP contribution in [0.2, 0.25) is 0 Å². The molecule has 86 valence electrons. The van der Waals surface area contributed by atoms with Gasteiger partial charge in [-0.3, -0.25) is 0 Å². The molecule has 1 rings (SSSR count). The van der Waals surface area contributed by atoms with Crippen LogP contribution in [0.5, 0.6) is 0 Å². The molecule has 0 bridgehead atoms. The zero-order valence-corrected chi connectivity index (χ0v) is 10.3. The molecule has 0 amide bonds. The number of hydrogen-bond donors (Lipinski definition) is 2. The highest BCUT2D eigenvalue weighted by atomic mass is 15.0. The number of aryl methyl sites for hydroxylation is 1. The molecule has 0 aromatic carbocycles. The molecule has 0 aliphatic rings. The van der Waals surface area contributed by atoms with Gasteiger partial charge in [0.25, 0.3) is 0 Å². The van der Waals surface area contributed by atoms with E-state index >= 15 is 0 Å². The molecule has 3 N–H and O–H groups in total. The van der Waals surface area contributed by atoms with E-state index in [4.69, 9.17) is 5.73 Å². The Morgan fingerprint density at radius 2 is 2.07 bits per heavy atom. The molecule has 0 spiro atoms. The van der Waals surface area contributed by atoms with Crippen LogP contribution in [-0.2, 0) is 0 Å². The van der Waals surface area contributed by atoms with E-state index in [9.17, 15) is 0 Å². The third kappa shape index (κ3) is 3.06. The Bertz CT molecular complexity index is 302. The second-order valence-corrected chi connectivity index (χ2v) is 4.54. The van der Waals surface area contributed by atoms with Crippen molar-refractivity contribution >= 4 is 0 Å². The van der Waals surface area contributed by atoms with Crippen molar-refractivity contribution in [2.45, 2.75) is 58.9 Å². The van der Waals surface area contributed by atoms with Crippen molar-refractivity contribution in [3.05, 3.63) is 17.2 Å². The molecule has 0 aliphatic heterocycles. The number of rotatable bonds is 5. The maximum atomic E-state index is 6.07. The largest absolute Gasteiger partial charge is 0.345 e. The van der Waals surface area contributed by atoms with Crippen LogP contribution in [0.1, 0.15) is 69.2 Å². The molecule has 1 heterocycles. The highest BCUT2D eigenvalue weighted by molar-refractivity contribution is 5.17. The monoisotopic (exact) mass is 209 g/mol. The Balaban J connectivity index is 2.73. The van der Waals surface area contributed by atoms with Crippen molar-refractivity contribution in [2.24, 2.45) is 5.73 Å². The van der Waals surface area contributed by atoms with Crippen molar-refractivity contribution in [2.75, 3.05) is 0 Å². The molecule has 1 unspecified atom stereocenters. The summed E-state index contributed by atoms with van der Waals surface area (Å²) in [6, 6.07) is 0.0659. The van der Waals surface area contributed by atoms with E-state index < -0.39 is 0 Å². The summed E-state index contributed by atoms with van der Waals surface area (Å²) in [6.07, 6.45) is 3.36. The summed E-state index contributed by atoms with van der Waals surface area (Å²) in [6.45, 7) is 8.56. The average Bonchev–Trinajstić information content (AvgIpc) is 2.56. The second kappa shape index (κ2) is 5.31. The topological polar surface area (TPSA) is 54.7 Å². The van der Waals surface area contributed by atoms with Crippen LogP contribution in [0.3, 0.4) is 0 Å². The lowest BCUT2D eigenvalue weighted by Gasteiger charge is -2.06. The summed E-state index contributed by atoms with van der Waals surface area (Å²) in [4.78, 5) is 7.88. The average molecular weight is 209 g/mol. The first kappa shape index (κ1) is 12.2. The Kier molecular flexibility index (Phi) is 4.33. The van der Waals surface area contributed by atoms with Gasteiger partial charge in [-0.2, -0.15) is 0 Å². The van der Waals surface area contributed by atoms with Crippen LogP contribution >= 0.6 is 0 Å². The number of hydrogen-bond acceptors (Lipinski definition) is 2. The second-order valence-electron chi connectivity index (χ2n) is 4.54. The molecule has 0 saturated carbocycles. The Hall–Kier alpha value is -0.830. The first-order valence-electron chi connectivity index (χ1n) is 5.88. The summed E-state index contributed by atoms with van der Waals surface area (Å²) in [5, 5.41) is 0. The van der Waals surface area contributed by atoms with Crippen molar-refractivity contribution < 1.29 is 0 Å². The molecule has 0 saturated heterocycles. The van der Waals surface area contributed by atoms with Crippen LogP contribution in [0, 0.1) is 6.92 Å². The van der Waals surface area contributed by atoms with Crippen LogP contribution in [0.4, 0.5) is 0 Å². The summed E-state index contributed by atoms with van der Waals surface area (Å²) in [7, 11) is 0. The summed E-state index contributed by atoms with van der Waals surface area (Å²) < 4.78 is 0. The predicted octanol–water partition coefficient (Wildman–Crippen LogP) is 3.03. The van der Waals surface area contributed by atoms with Gasteiger partial charge in [0.05, 0.1) is 11.7 Å². The summed E-state index contributed by atoms with van der Waals surface area (Å²) in [5.41, 5.74) is 8.38. The molecule has 3 heteroatoms. The van der Waals surface area contributed by atoms with Gasteiger partial charge in [0, 0.05) is 5.69 Å². The van der Waals surface area contributed by atoms with E-state index in [1.165, 1.54) is 6.42 Å². The molecule has 0 radical (unpaired) electrons. The fourth-order valence-electron chi connectivity index (χ4n) is 1.80. The van der Waals surface area contributed by atoms with Crippen molar-refractivity contribution in [1.82, 2.24) is 9.97 Å². The Morgan fingerprint density at radius 3 is 2.53 bits per heavy atom. The van der Waals surface area contributed by atoms with E-state index in [1.807, 2.05) is 0 Å². The standard InChI is InChI=1S/C12H23N3/c1-5-6-7-10(13)12-14-9(4)11(15-12)8(2)3/h8,10H,5-7,13H2,1-4H3,(H,14,15). The highest BCUT2D eigenvalue weighted by Gasteiger charge is 2.14. The van der Waals surface area contributed by atoms with E-state index in [2.05, 4.69) is 37.7 Å². The minimum atomic E-state index is 0.0659. The zero-order chi connectivity index (χ0) is 11.4. The van der Waals surface area contributed by atoms with Gasteiger partial charge in [0.15, 0.2) is 0 Å². The minimum absolute atomic E-state index is 0.0659. The molecule has 1 aromatic rings. The predicted molar refractivity (Wildman–Crippen MR) is 63.9 cm³/mol. The van der Waals surface area contributed by atoms with Gasteiger partial charge in [0.1, 0.15) is 5.82 Å². The third-order valence-corrected chi connectivity index (χ3v) is 2.71. The normalized spacial score (nSPS) is 13.5. The van der Waals surface area contributed by atoms with Gasteiger partial charge in [-0.05, 0) is 19.3 Å². The molecule has 1 atom stereocenters. The molecule has 15 heavy (non-hydrogen) atoms. The molecule has 3 nitrogen and oxygen atoms in total. The fraction of sp³-hybridized carbons (Fsp3) is 0.750. The molecular formula is C12H23N3. The van der Waals surface area contributed by atoms with E-state index in [0.717, 1.165) is 30.1 Å². The lowest BCUT2D eigenvalue weighted by atomic mass is 10.1. The van der Waals surface area contributed by atoms with Crippen LogP contribution in [0.15, 0.2) is 0 Å². The van der Waals surface area contributed by atoms with Crippen LogP contribution in [0.25, 0.3) is 0 Å². The number of aromatic amines is 1. The Morgan fingerprint density at radius 1 is 1.40 bits per heavy atom. The molecule has 1 aromatic heterocycles. The van der Waals surface area contributed by atoms with Crippen LogP contribution < -0.4 is 5.73 Å². The van der Waals surface area contributed by atoms with Crippen molar-refractivity contribution in [1.29, 1.82) is 0 Å². The molecule has 0 fully saturated rings. The lowest BCUT2D eigenvalue weighted by molar-refractivity contribution is 0.578. The Labute approximate surface area is 92.5 Å². The molecular weight excluding hydrogens is 186 g/mol. The first-order valence-corrected chi connectivity index (χ1v) is 5.88. The maximum absolute atomic E-state index is 6.07. The number of nitrogens with two attached hydrogens (primary N) is 1. The summed E-state index contributed by atoms with van der Waals surface area (Å²) >= 11 is 0. The maximum Gasteiger partial charge on any atom is 0.123 e. The third-order valence-electron chi connectivity index (χ3n) is 2.71. The van der Waals surface area contributed by atoms with Gasteiger partial charge in [-0.15, -0.1) is 0 Å². The number of nitrogens with one attached hydrogen (secondary N) is 1. The summed E-state index contributed by atoms with van der Waals surface area (Å²) in [5.74, 6) is 1.41. The van der Waals surface area contributed by atoms with Gasteiger partial charge >= 0.3 is 0 Å². The SMILES string of the molecule is CCCCC(N)c1nc(C(C)C)c(C)[nH]1. The van der Waals surface area contributed by atoms with E-state index in [0.29, 0.717) is 5.92 Å². The number of H-pyrrole nitrogens is 1. The smallest absolute Gasteiger partial charge is 0.123 e. The number of imidazole rings is 1. The zero-order valence-electron chi connectivity index (χ0n) is 10.3. The van der Waals surface area contributed by atoms with Gasteiger partial charge in [-0.25, -0.2) is 4.98 Å². The number of nitrogens with zero attached hydrogens (tertiary/aromatic N) is 1. The van der Waals surface area contributed by atoms with Crippen molar-refractivity contribution in [3.63, 3.8) is 0 Å². The first-order chi connectivity index (χ1) is 7.06.